The number of ether oxygens (including phenoxy) is 3. The fourth-order valence-corrected chi connectivity index (χ4v) is 3.42. The van der Waals surface area contributed by atoms with Crippen molar-refractivity contribution in [3.05, 3.63) is 54.0 Å². The molecule has 7 nitrogen and oxygen atoms in total. The van der Waals surface area contributed by atoms with Crippen molar-refractivity contribution >= 4 is 11.6 Å². The number of amides is 1. The van der Waals surface area contributed by atoms with Crippen LogP contribution in [0.3, 0.4) is 0 Å². The van der Waals surface area contributed by atoms with Crippen LogP contribution in [0, 0.1) is 5.82 Å². The first-order valence-corrected chi connectivity index (χ1v) is 9.36. The molecule has 3 aromatic rings. The predicted molar refractivity (Wildman–Crippen MR) is 108 cm³/mol. The summed E-state index contributed by atoms with van der Waals surface area (Å²) in [7, 11) is 4.52. The van der Waals surface area contributed by atoms with Crippen LogP contribution in [0.2, 0.25) is 0 Å². The number of carbonyl (C=O) groups excluding carboxylic acids is 1. The van der Waals surface area contributed by atoms with E-state index in [4.69, 9.17) is 18.7 Å². The van der Waals surface area contributed by atoms with Crippen LogP contribution >= 0.6 is 0 Å². The summed E-state index contributed by atoms with van der Waals surface area (Å²) in [4.78, 5) is 13.1. The lowest BCUT2D eigenvalue weighted by Crippen LogP contribution is -2.28. The maximum Gasteiger partial charge on any atom is 0.236 e. The molecule has 1 heterocycles. The zero-order valence-electron chi connectivity index (χ0n) is 16.8. The molecule has 2 aromatic carbocycles. The Labute approximate surface area is 172 Å². The number of methoxy groups -OCH3 is 3. The summed E-state index contributed by atoms with van der Waals surface area (Å²) in [6.45, 7) is 0. The van der Waals surface area contributed by atoms with Crippen molar-refractivity contribution in [3.8, 4) is 28.6 Å². The average molecular weight is 412 g/mol. The number of hydrogen-bond acceptors (Lipinski definition) is 6. The Hall–Kier alpha value is -3.55. The highest BCUT2D eigenvalue weighted by atomic mass is 19.1. The van der Waals surface area contributed by atoms with E-state index in [2.05, 4.69) is 10.5 Å². The van der Waals surface area contributed by atoms with Crippen LogP contribution in [0.5, 0.6) is 17.2 Å². The molecular formula is C22H21FN2O5. The van der Waals surface area contributed by atoms with Gasteiger partial charge in [-0.2, -0.15) is 0 Å². The molecule has 1 aromatic heterocycles. The van der Waals surface area contributed by atoms with E-state index in [-0.39, 0.29) is 11.7 Å². The molecule has 0 bridgehead atoms. The highest BCUT2D eigenvalue weighted by molar-refractivity contribution is 6.01. The van der Waals surface area contributed by atoms with Crippen molar-refractivity contribution < 1.29 is 27.9 Å². The summed E-state index contributed by atoms with van der Waals surface area (Å²) < 4.78 is 35.3. The minimum Gasteiger partial charge on any atom is -0.493 e. The van der Waals surface area contributed by atoms with Gasteiger partial charge in [0, 0.05) is 23.9 Å². The monoisotopic (exact) mass is 412 g/mol. The van der Waals surface area contributed by atoms with Crippen molar-refractivity contribution in [2.45, 2.75) is 18.3 Å². The van der Waals surface area contributed by atoms with Crippen LogP contribution in [-0.4, -0.2) is 32.4 Å². The van der Waals surface area contributed by atoms with Crippen LogP contribution in [0.1, 0.15) is 18.5 Å². The summed E-state index contributed by atoms with van der Waals surface area (Å²) in [6, 6.07) is 11.2. The van der Waals surface area contributed by atoms with Gasteiger partial charge in [0.1, 0.15) is 5.82 Å². The molecular weight excluding hydrogens is 391 g/mol. The van der Waals surface area contributed by atoms with Gasteiger partial charge >= 0.3 is 0 Å². The van der Waals surface area contributed by atoms with Crippen molar-refractivity contribution in [2.75, 3.05) is 26.6 Å². The zero-order chi connectivity index (χ0) is 21.3. The molecule has 0 radical (unpaired) electrons. The minimum absolute atomic E-state index is 0.231. The number of carbonyl (C=O) groups is 1. The molecule has 156 valence electrons. The molecule has 0 atom stereocenters. The molecule has 30 heavy (non-hydrogen) atoms. The van der Waals surface area contributed by atoms with Gasteiger partial charge in [0.15, 0.2) is 17.3 Å². The SMILES string of the molecule is COc1cc(NC(=O)C2(c3cc(-c4ccccc4F)on3)CC2)cc(OC)c1OC. The van der Waals surface area contributed by atoms with Crippen molar-refractivity contribution in [1.82, 2.24) is 5.16 Å². The number of aromatic nitrogens is 1. The molecule has 4 rings (SSSR count). The first kappa shape index (κ1) is 19.8. The van der Waals surface area contributed by atoms with Gasteiger partial charge in [0.05, 0.1) is 38.0 Å². The second kappa shape index (κ2) is 7.70. The largest absolute Gasteiger partial charge is 0.493 e. The van der Waals surface area contributed by atoms with E-state index in [9.17, 15) is 9.18 Å². The van der Waals surface area contributed by atoms with Crippen molar-refractivity contribution in [1.29, 1.82) is 0 Å². The van der Waals surface area contributed by atoms with Gasteiger partial charge in [-0.05, 0) is 25.0 Å². The van der Waals surface area contributed by atoms with Crippen LogP contribution in [0.4, 0.5) is 10.1 Å². The maximum atomic E-state index is 14.0. The lowest BCUT2D eigenvalue weighted by molar-refractivity contribution is -0.118. The topological polar surface area (TPSA) is 82.8 Å². The van der Waals surface area contributed by atoms with E-state index in [1.807, 2.05) is 0 Å². The number of rotatable bonds is 7. The van der Waals surface area contributed by atoms with E-state index in [1.165, 1.54) is 27.4 Å². The molecule has 0 saturated heterocycles. The van der Waals surface area contributed by atoms with Gasteiger partial charge in [0.25, 0.3) is 0 Å². The van der Waals surface area contributed by atoms with Crippen LogP contribution < -0.4 is 19.5 Å². The highest BCUT2D eigenvalue weighted by Gasteiger charge is 2.54. The second-order valence-electron chi connectivity index (χ2n) is 7.01. The fourth-order valence-electron chi connectivity index (χ4n) is 3.42. The molecule has 8 heteroatoms. The number of anilines is 1. The Morgan fingerprint density at radius 2 is 1.73 bits per heavy atom. The van der Waals surface area contributed by atoms with Crippen LogP contribution in [-0.2, 0) is 10.2 Å². The van der Waals surface area contributed by atoms with Crippen LogP contribution in [0.25, 0.3) is 11.3 Å². The Morgan fingerprint density at radius 3 is 2.30 bits per heavy atom. The van der Waals surface area contributed by atoms with E-state index in [0.29, 0.717) is 47.0 Å². The Morgan fingerprint density at radius 1 is 1.07 bits per heavy atom. The van der Waals surface area contributed by atoms with Gasteiger partial charge in [0.2, 0.25) is 11.7 Å². The fraction of sp³-hybridized carbons (Fsp3) is 0.273. The minimum atomic E-state index is -0.812. The van der Waals surface area contributed by atoms with E-state index in [0.717, 1.165) is 0 Å². The molecule has 1 N–H and O–H groups in total. The van der Waals surface area contributed by atoms with E-state index >= 15 is 0 Å². The molecule has 1 aliphatic rings. The van der Waals surface area contributed by atoms with Gasteiger partial charge < -0.3 is 24.1 Å². The summed E-state index contributed by atoms with van der Waals surface area (Å²) in [5.74, 6) is 0.942. The first-order valence-electron chi connectivity index (χ1n) is 9.36. The summed E-state index contributed by atoms with van der Waals surface area (Å²) in [5, 5.41) is 6.95. The third kappa shape index (κ3) is 3.34. The molecule has 0 spiro atoms. The van der Waals surface area contributed by atoms with Crippen molar-refractivity contribution in [2.24, 2.45) is 0 Å². The number of nitrogens with one attached hydrogen (secondary N) is 1. The van der Waals surface area contributed by atoms with Gasteiger partial charge in [-0.1, -0.05) is 17.3 Å². The number of hydrogen-bond donors (Lipinski definition) is 1. The molecule has 1 fully saturated rings. The summed E-state index contributed by atoms with van der Waals surface area (Å²) in [6.07, 6.45) is 1.24. The molecule has 1 aliphatic carbocycles. The van der Waals surface area contributed by atoms with Gasteiger partial charge in [-0.25, -0.2) is 4.39 Å². The second-order valence-corrected chi connectivity index (χ2v) is 7.01. The molecule has 1 saturated carbocycles. The molecule has 1 amide bonds. The number of benzene rings is 2. The molecule has 0 unspecified atom stereocenters. The van der Waals surface area contributed by atoms with Gasteiger partial charge in [-0.3, -0.25) is 4.79 Å². The summed E-state index contributed by atoms with van der Waals surface area (Å²) >= 11 is 0. The van der Waals surface area contributed by atoms with Crippen LogP contribution in [0.15, 0.2) is 47.0 Å². The standard InChI is InChI=1S/C22H21FN2O5/c1-27-17-10-13(11-18(28-2)20(17)29-3)24-21(26)22(8-9-22)19-12-16(30-25-19)14-6-4-5-7-15(14)23/h4-7,10-12H,8-9H2,1-3H3,(H,24,26). The third-order valence-electron chi connectivity index (χ3n) is 5.25. The van der Waals surface area contributed by atoms with E-state index < -0.39 is 11.2 Å². The first-order chi connectivity index (χ1) is 14.5. The molecule has 0 aliphatic heterocycles. The Bertz CT molecular complexity index is 1070. The maximum absolute atomic E-state index is 14.0. The lowest BCUT2D eigenvalue weighted by Gasteiger charge is -2.16. The third-order valence-corrected chi connectivity index (χ3v) is 5.25. The highest BCUT2D eigenvalue weighted by Crippen LogP contribution is 2.50. The van der Waals surface area contributed by atoms with E-state index in [1.54, 1.807) is 36.4 Å². The smallest absolute Gasteiger partial charge is 0.236 e. The quantitative estimate of drug-likeness (QED) is 0.627. The lowest BCUT2D eigenvalue weighted by atomic mass is 10.00. The summed E-state index contributed by atoms with van der Waals surface area (Å²) in [5.41, 5.74) is 0.467. The zero-order valence-corrected chi connectivity index (χ0v) is 16.8. The number of halogens is 1. The Balaban J connectivity index is 1.60. The predicted octanol–water partition coefficient (Wildman–Crippen LogP) is 4.18. The number of nitrogens with zero attached hydrogens (tertiary/aromatic N) is 1. The average Bonchev–Trinajstić information content (AvgIpc) is 3.43. The normalized spacial score (nSPS) is 14.1. The Kier molecular flexibility index (Phi) is 5.07. The van der Waals surface area contributed by atoms with Gasteiger partial charge in [-0.15, -0.1) is 0 Å². The van der Waals surface area contributed by atoms with Crippen molar-refractivity contribution in [3.63, 3.8) is 0 Å².